The van der Waals surface area contributed by atoms with Crippen molar-refractivity contribution in [2.45, 2.75) is 49.5 Å². The van der Waals surface area contributed by atoms with Crippen molar-refractivity contribution >= 4 is 18.3 Å². The topological polar surface area (TPSA) is 94.9 Å². The molecule has 2 fully saturated rings. The zero-order valence-corrected chi connectivity index (χ0v) is 15.0. The summed E-state index contributed by atoms with van der Waals surface area (Å²) >= 11 is 0. The van der Waals surface area contributed by atoms with Crippen LogP contribution in [-0.4, -0.2) is 15.9 Å². The van der Waals surface area contributed by atoms with Gasteiger partial charge in [0.1, 0.15) is 0 Å². The summed E-state index contributed by atoms with van der Waals surface area (Å²) in [7, 11) is 0. The Kier molecular flexibility index (Phi) is 6.14. The van der Waals surface area contributed by atoms with E-state index in [2.05, 4.69) is 9.97 Å². The molecule has 134 valence electrons. The molecule has 6 heteroatoms. The van der Waals surface area contributed by atoms with E-state index in [4.69, 9.17) is 11.5 Å². The molecule has 0 aliphatic heterocycles. The fraction of sp³-hybridized carbons (Fsp3) is 0.421. The Hall–Kier alpha value is -1.98. The standard InChI is InChI=1S/C10H12N2O.C9H12N2.ClH/c11-9(13)10(5-3-6-10)8-4-1-2-7-12-8;10-9(5-3-6-9)8-4-1-2-7-11-8;/h1-2,4,7H,3,5-6H2,(H2,11,13);1-2,4,7H,3,5-6,10H2;1H. The molecular formula is C19H25ClN4O. The number of halogens is 1. The van der Waals surface area contributed by atoms with Crippen LogP contribution in [0, 0.1) is 0 Å². The first-order valence-electron chi connectivity index (χ1n) is 8.49. The van der Waals surface area contributed by atoms with Crippen molar-refractivity contribution in [2.24, 2.45) is 11.5 Å². The second kappa shape index (κ2) is 7.93. The van der Waals surface area contributed by atoms with Crippen molar-refractivity contribution in [1.82, 2.24) is 9.97 Å². The number of carbonyl (C=O) groups is 1. The SMILES string of the molecule is Cl.NC(=O)C1(c2ccccn2)CCC1.NC1(c2ccccn2)CCC1. The number of rotatable bonds is 3. The predicted molar refractivity (Wildman–Crippen MR) is 100 cm³/mol. The predicted octanol–water partition coefficient (Wildman–Crippen LogP) is 2.83. The molecule has 2 heterocycles. The highest BCUT2D eigenvalue weighted by atomic mass is 35.5. The van der Waals surface area contributed by atoms with Gasteiger partial charge in [-0.05, 0) is 56.4 Å². The monoisotopic (exact) mass is 360 g/mol. The molecule has 0 aromatic carbocycles. The minimum Gasteiger partial charge on any atom is -0.369 e. The van der Waals surface area contributed by atoms with Crippen LogP contribution in [0.1, 0.15) is 49.9 Å². The summed E-state index contributed by atoms with van der Waals surface area (Å²) < 4.78 is 0. The second-order valence-corrected chi connectivity index (χ2v) is 6.74. The lowest BCUT2D eigenvalue weighted by Gasteiger charge is -2.38. The van der Waals surface area contributed by atoms with E-state index in [0.717, 1.165) is 43.5 Å². The lowest BCUT2D eigenvalue weighted by molar-refractivity contribution is -0.126. The third-order valence-electron chi connectivity index (χ3n) is 5.25. The van der Waals surface area contributed by atoms with Crippen molar-refractivity contribution in [1.29, 1.82) is 0 Å². The molecule has 0 unspecified atom stereocenters. The fourth-order valence-electron chi connectivity index (χ4n) is 3.28. The second-order valence-electron chi connectivity index (χ2n) is 6.74. The molecule has 2 saturated carbocycles. The Morgan fingerprint density at radius 2 is 1.40 bits per heavy atom. The first-order chi connectivity index (χ1) is 11.6. The number of carbonyl (C=O) groups excluding carboxylic acids is 1. The van der Waals surface area contributed by atoms with Gasteiger partial charge in [-0.25, -0.2) is 0 Å². The fourth-order valence-corrected chi connectivity index (χ4v) is 3.28. The minimum atomic E-state index is -0.457. The average molecular weight is 361 g/mol. The maximum Gasteiger partial charge on any atom is 0.229 e. The molecule has 5 nitrogen and oxygen atoms in total. The summed E-state index contributed by atoms with van der Waals surface area (Å²) in [6.07, 6.45) is 9.69. The van der Waals surface area contributed by atoms with Crippen LogP contribution in [0.15, 0.2) is 48.8 Å². The Morgan fingerprint density at radius 1 is 0.880 bits per heavy atom. The molecule has 0 saturated heterocycles. The van der Waals surface area contributed by atoms with E-state index in [0.29, 0.717) is 0 Å². The molecular weight excluding hydrogens is 336 g/mol. The van der Waals surface area contributed by atoms with Gasteiger partial charge in [0, 0.05) is 12.4 Å². The van der Waals surface area contributed by atoms with Crippen molar-refractivity contribution in [3.8, 4) is 0 Å². The van der Waals surface area contributed by atoms with Crippen LogP contribution in [-0.2, 0) is 15.7 Å². The summed E-state index contributed by atoms with van der Waals surface area (Å²) in [5.74, 6) is -0.238. The Morgan fingerprint density at radius 3 is 1.72 bits per heavy atom. The molecule has 1 amide bonds. The largest absolute Gasteiger partial charge is 0.369 e. The molecule has 0 spiro atoms. The number of aromatic nitrogens is 2. The number of amides is 1. The van der Waals surface area contributed by atoms with Gasteiger partial charge in [0.15, 0.2) is 0 Å². The average Bonchev–Trinajstić information content (AvgIpc) is 2.54. The molecule has 0 atom stereocenters. The van der Waals surface area contributed by atoms with Crippen molar-refractivity contribution in [2.75, 3.05) is 0 Å². The number of hydrogen-bond donors (Lipinski definition) is 2. The van der Waals surface area contributed by atoms with E-state index in [1.165, 1.54) is 6.42 Å². The first kappa shape index (κ1) is 19.3. The quantitative estimate of drug-likeness (QED) is 0.879. The molecule has 0 bridgehead atoms. The van der Waals surface area contributed by atoms with Crippen LogP contribution in [0.25, 0.3) is 0 Å². The lowest BCUT2D eigenvalue weighted by Crippen LogP contribution is -2.47. The number of nitrogens with zero attached hydrogens (tertiary/aromatic N) is 2. The summed E-state index contributed by atoms with van der Waals surface area (Å²) in [6, 6.07) is 11.5. The summed E-state index contributed by atoms with van der Waals surface area (Å²) in [4.78, 5) is 19.7. The number of pyridine rings is 2. The van der Waals surface area contributed by atoms with Crippen LogP contribution < -0.4 is 11.5 Å². The van der Waals surface area contributed by atoms with Crippen LogP contribution in [0.5, 0.6) is 0 Å². The van der Waals surface area contributed by atoms with E-state index in [-0.39, 0.29) is 23.9 Å². The minimum absolute atomic E-state index is 0. The molecule has 4 rings (SSSR count). The van der Waals surface area contributed by atoms with Gasteiger partial charge in [0.2, 0.25) is 5.91 Å². The van der Waals surface area contributed by atoms with Gasteiger partial charge < -0.3 is 11.5 Å². The Bertz CT molecular complexity index is 685. The zero-order chi connectivity index (χ0) is 17.0. The highest BCUT2D eigenvalue weighted by molar-refractivity contribution is 5.87. The summed E-state index contributed by atoms with van der Waals surface area (Å²) in [5.41, 5.74) is 12.8. The molecule has 2 aliphatic rings. The van der Waals surface area contributed by atoms with Crippen LogP contribution in [0.3, 0.4) is 0 Å². The number of primary amides is 1. The van der Waals surface area contributed by atoms with Gasteiger partial charge >= 0.3 is 0 Å². The molecule has 0 radical (unpaired) electrons. The molecule has 25 heavy (non-hydrogen) atoms. The third-order valence-corrected chi connectivity index (χ3v) is 5.25. The maximum atomic E-state index is 11.3. The molecule has 2 aliphatic carbocycles. The van der Waals surface area contributed by atoms with E-state index in [9.17, 15) is 4.79 Å². The van der Waals surface area contributed by atoms with Crippen LogP contribution in [0.4, 0.5) is 0 Å². The van der Waals surface area contributed by atoms with Crippen molar-refractivity contribution < 1.29 is 4.79 Å². The molecule has 2 aromatic rings. The molecule has 2 aromatic heterocycles. The van der Waals surface area contributed by atoms with Gasteiger partial charge in [0.25, 0.3) is 0 Å². The van der Waals surface area contributed by atoms with Gasteiger partial charge in [0.05, 0.1) is 22.3 Å². The van der Waals surface area contributed by atoms with Crippen LogP contribution in [0.2, 0.25) is 0 Å². The number of nitrogens with two attached hydrogens (primary N) is 2. The zero-order valence-electron chi connectivity index (χ0n) is 14.2. The highest BCUT2D eigenvalue weighted by Gasteiger charge is 2.45. The van der Waals surface area contributed by atoms with E-state index < -0.39 is 5.41 Å². The Labute approximate surface area is 154 Å². The van der Waals surface area contributed by atoms with Crippen LogP contribution >= 0.6 is 12.4 Å². The number of hydrogen-bond acceptors (Lipinski definition) is 4. The van der Waals surface area contributed by atoms with Gasteiger partial charge in [-0.2, -0.15) is 0 Å². The van der Waals surface area contributed by atoms with E-state index in [1.54, 1.807) is 6.20 Å². The van der Waals surface area contributed by atoms with Crippen molar-refractivity contribution in [3.05, 3.63) is 60.2 Å². The Balaban J connectivity index is 0.000000175. The molecule has 4 N–H and O–H groups in total. The van der Waals surface area contributed by atoms with Gasteiger partial charge in [-0.3, -0.25) is 14.8 Å². The maximum absolute atomic E-state index is 11.3. The van der Waals surface area contributed by atoms with E-state index >= 15 is 0 Å². The first-order valence-corrected chi connectivity index (χ1v) is 8.49. The smallest absolute Gasteiger partial charge is 0.229 e. The highest BCUT2D eigenvalue weighted by Crippen LogP contribution is 2.42. The van der Waals surface area contributed by atoms with E-state index in [1.807, 2.05) is 42.6 Å². The summed E-state index contributed by atoms with van der Waals surface area (Å²) in [6.45, 7) is 0. The van der Waals surface area contributed by atoms with Gasteiger partial charge in [-0.1, -0.05) is 18.6 Å². The third kappa shape index (κ3) is 3.83. The van der Waals surface area contributed by atoms with Gasteiger partial charge in [-0.15, -0.1) is 12.4 Å². The summed E-state index contributed by atoms with van der Waals surface area (Å²) in [5, 5.41) is 0. The van der Waals surface area contributed by atoms with Crippen molar-refractivity contribution in [3.63, 3.8) is 0 Å². The normalized spacial score (nSPS) is 19.1. The lowest BCUT2D eigenvalue weighted by atomic mass is 9.66.